The highest BCUT2D eigenvalue weighted by atomic mass is 16.4. The molecule has 0 bridgehead atoms. The second-order valence-corrected chi connectivity index (χ2v) is 4.42. The fourth-order valence-electron chi connectivity index (χ4n) is 2.30. The number of fused-ring (bicyclic) bond motifs is 1. The molecule has 3 N–H and O–H groups in total. The molecular weight excluding hydrogens is 228 g/mol. The Kier molecular flexibility index (Phi) is 3.99. The Hall–Kier alpha value is -1.81. The number of benzene rings is 1. The number of hydrogen-bond acceptors (Lipinski definition) is 2. The molecule has 1 heterocycles. The fraction of sp³-hybridized carbons (Fsp3) is 0.357. The molecule has 4 nitrogen and oxygen atoms in total. The quantitative estimate of drug-likeness (QED) is 0.734. The average Bonchev–Trinajstić information content (AvgIpc) is 2.78. The maximum Gasteiger partial charge on any atom is 0.303 e. The molecule has 4 heteroatoms. The molecule has 0 amide bonds. The number of H-pyrrole nitrogens is 1. The Balaban J connectivity index is 2.14. The first-order chi connectivity index (χ1) is 8.72. The van der Waals surface area contributed by atoms with Crippen LogP contribution in [0, 0.1) is 0 Å². The summed E-state index contributed by atoms with van der Waals surface area (Å²) < 4.78 is 0. The number of nitrogens with one attached hydrogen (secondary N) is 2. The minimum absolute atomic E-state index is 0.195. The highest BCUT2D eigenvalue weighted by Gasteiger charge is 2.14. The second kappa shape index (κ2) is 5.69. The van der Waals surface area contributed by atoms with E-state index in [1.165, 1.54) is 10.9 Å². The van der Waals surface area contributed by atoms with Gasteiger partial charge in [-0.1, -0.05) is 18.2 Å². The van der Waals surface area contributed by atoms with Crippen molar-refractivity contribution in [1.82, 2.24) is 10.3 Å². The minimum Gasteiger partial charge on any atom is -0.481 e. The van der Waals surface area contributed by atoms with Crippen LogP contribution >= 0.6 is 0 Å². The Bertz CT molecular complexity index is 533. The predicted octanol–water partition coefficient (Wildman–Crippen LogP) is 2.68. The standard InChI is InChI=1S/C14H18N2O2/c1-15-12(7-4-8-14(17)18)11-9-16-13-6-3-2-5-10(11)13/h2-3,5-6,9,12,15-16H,4,7-8H2,1H3,(H,17,18). The SMILES string of the molecule is CNC(CCCC(=O)O)c1c[nH]c2ccccc12. The first-order valence-electron chi connectivity index (χ1n) is 6.17. The van der Waals surface area contributed by atoms with Crippen LogP contribution in [0.5, 0.6) is 0 Å². The van der Waals surface area contributed by atoms with Crippen molar-refractivity contribution in [1.29, 1.82) is 0 Å². The van der Waals surface area contributed by atoms with Crippen LogP contribution in [0.2, 0.25) is 0 Å². The van der Waals surface area contributed by atoms with Crippen LogP contribution in [0.1, 0.15) is 30.9 Å². The van der Waals surface area contributed by atoms with E-state index in [4.69, 9.17) is 5.11 Å². The van der Waals surface area contributed by atoms with Crippen molar-refractivity contribution in [2.45, 2.75) is 25.3 Å². The predicted molar refractivity (Wildman–Crippen MR) is 71.6 cm³/mol. The number of aliphatic carboxylic acids is 1. The zero-order valence-corrected chi connectivity index (χ0v) is 10.4. The van der Waals surface area contributed by atoms with E-state index < -0.39 is 5.97 Å². The molecule has 0 aliphatic rings. The number of hydrogen-bond donors (Lipinski definition) is 3. The van der Waals surface area contributed by atoms with E-state index in [0.29, 0.717) is 6.42 Å². The topological polar surface area (TPSA) is 65.1 Å². The first-order valence-corrected chi connectivity index (χ1v) is 6.17. The highest BCUT2D eigenvalue weighted by molar-refractivity contribution is 5.83. The van der Waals surface area contributed by atoms with Crippen LogP contribution in [0.3, 0.4) is 0 Å². The summed E-state index contributed by atoms with van der Waals surface area (Å²) in [6.07, 6.45) is 3.73. The monoisotopic (exact) mass is 246 g/mol. The lowest BCUT2D eigenvalue weighted by Crippen LogP contribution is -2.16. The van der Waals surface area contributed by atoms with Crippen LogP contribution in [-0.4, -0.2) is 23.1 Å². The molecule has 1 atom stereocenters. The molecule has 0 fully saturated rings. The van der Waals surface area contributed by atoms with Crippen molar-refractivity contribution in [3.05, 3.63) is 36.0 Å². The largest absolute Gasteiger partial charge is 0.481 e. The summed E-state index contributed by atoms with van der Waals surface area (Å²) in [4.78, 5) is 13.8. The number of rotatable bonds is 6. The van der Waals surface area contributed by atoms with Crippen LogP contribution < -0.4 is 5.32 Å². The van der Waals surface area contributed by atoms with Gasteiger partial charge in [0.15, 0.2) is 0 Å². The van der Waals surface area contributed by atoms with Crippen molar-refractivity contribution >= 4 is 16.9 Å². The molecule has 0 saturated carbocycles. The van der Waals surface area contributed by atoms with Crippen LogP contribution in [0.4, 0.5) is 0 Å². The molecule has 0 radical (unpaired) electrons. The number of carboxylic acid groups (broad SMARTS) is 1. The molecule has 96 valence electrons. The normalized spacial score (nSPS) is 12.7. The van der Waals surface area contributed by atoms with E-state index >= 15 is 0 Å². The van der Waals surface area contributed by atoms with Gasteiger partial charge in [-0.25, -0.2) is 0 Å². The lowest BCUT2D eigenvalue weighted by molar-refractivity contribution is -0.137. The number of carbonyl (C=O) groups is 1. The zero-order valence-electron chi connectivity index (χ0n) is 10.4. The number of aromatic amines is 1. The summed E-state index contributed by atoms with van der Waals surface area (Å²) in [6, 6.07) is 8.34. The zero-order chi connectivity index (χ0) is 13.0. The summed E-state index contributed by atoms with van der Waals surface area (Å²) >= 11 is 0. The van der Waals surface area contributed by atoms with Gasteiger partial charge in [0.05, 0.1) is 0 Å². The third-order valence-corrected chi connectivity index (χ3v) is 3.23. The number of para-hydroxylation sites is 1. The van der Waals surface area contributed by atoms with E-state index in [9.17, 15) is 4.79 Å². The van der Waals surface area contributed by atoms with Crippen LogP contribution in [0.25, 0.3) is 10.9 Å². The Morgan fingerprint density at radius 2 is 2.22 bits per heavy atom. The van der Waals surface area contributed by atoms with Gasteiger partial charge in [-0.05, 0) is 31.5 Å². The second-order valence-electron chi connectivity index (χ2n) is 4.42. The molecule has 0 spiro atoms. The average molecular weight is 246 g/mol. The molecule has 0 aliphatic carbocycles. The van der Waals surface area contributed by atoms with Crippen molar-refractivity contribution in [3.63, 3.8) is 0 Å². The van der Waals surface area contributed by atoms with E-state index in [0.717, 1.165) is 11.9 Å². The molecule has 0 aliphatic heterocycles. The maximum absolute atomic E-state index is 10.5. The summed E-state index contributed by atoms with van der Waals surface area (Å²) in [6.45, 7) is 0. The lowest BCUT2D eigenvalue weighted by Gasteiger charge is -2.15. The lowest BCUT2D eigenvalue weighted by atomic mass is 10.0. The smallest absolute Gasteiger partial charge is 0.303 e. The van der Waals surface area contributed by atoms with Crippen molar-refractivity contribution < 1.29 is 9.90 Å². The fourth-order valence-corrected chi connectivity index (χ4v) is 2.30. The van der Waals surface area contributed by atoms with Gasteiger partial charge in [-0.3, -0.25) is 4.79 Å². The summed E-state index contributed by atoms with van der Waals surface area (Å²) in [5.74, 6) is -0.733. The van der Waals surface area contributed by atoms with Crippen LogP contribution in [0.15, 0.2) is 30.5 Å². The Labute approximate surface area is 106 Å². The van der Waals surface area contributed by atoms with Gasteiger partial charge in [-0.2, -0.15) is 0 Å². The van der Waals surface area contributed by atoms with Crippen molar-refractivity contribution in [3.8, 4) is 0 Å². The molecule has 1 unspecified atom stereocenters. The molecule has 1 aromatic heterocycles. The van der Waals surface area contributed by atoms with Gasteiger partial charge in [0.1, 0.15) is 0 Å². The van der Waals surface area contributed by atoms with Crippen molar-refractivity contribution in [2.24, 2.45) is 0 Å². The van der Waals surface area contributed by atoms with E-state index in [-0.39, 0.29) is 12.5 Å². The van der Waals surface area contributed by atoms with Gasteiger partial charge in [0.2, 0.25) is 0 Å². The van der Waals surface area contributed by atoms with Gasteiger partial charge < -0.3 is 15.4 Å². The van der Waals surface area contributed by atoms with Crippen molar-refractivity contribution in [2.75, 3.05) is 7.05 Å². The number of aromatic nitrogens is 1. The van der Waals surface area contributed by atoms with E-state index in [1.807, 2.05) is 31.4 Å². The minimum atomic E-state index is -0.733. The molecule has 2 aromatic rings. The summed E-state index contributed by atoms with van der Waals surface area (Å²) in [5, 5.41) is 13.1. The van der Waals surface area contributed by atoms with Crippen LogP contribution in [-0.2, 0) is 4.79 Å². The molecule has 2 rings (SSSR count). The maximum atomic E-state index is 10.5. The Morgan fingerprint density at radius 3 is 2.94 bits per heavy atom. The highest BCUT2D eigenvalue weighted by Crippen LogP contribution is 2.26. The molecule has 0 saturated heterocycles. The molecule has 1 aromatic carbocycles. The number of carboxylic acids is 1. The van der Waals surface area contributed by atoms with E-state index in [2.05, 4.69) is 16.4 Å². The third-order valence-electron chi connectivity index (χ3n) is 3.23. The van der Waals surface area contributed by atoms with Gasteiger partial charge in [0.25, 0.3) is 0 Å². The van der Waals surface area contributed by atoms with Gasteiger partial charge in [-0.15, -0.1) is 0 Å². The van der Waals surface area contributed by atoms with Gasteiger partial charge in [0, 0.05) is 29.6 Å². The molecule has 18 heavy (non-hydrogen) atoms. The summed E-state index contributed by atoms with van der Waals surface area (Å²) in [5.41, 5.74) is 2.32. The summed E-state index contributed by atoms with van der Waals surface area (Å²) in [7, 11) is 1.91. The van der Waals surface area contributed by atoms with E-state index in [1.54, 1.807) is 0 Å². The Morgan fingerprint density at radius 1 is 1.44 bits per heavy atom. The molecular formula is C14H18N2O2. The van der Waals surface area contributed by atoms with Gasteiger partial charge >= 0.3 is 5.97 Å². The third kappa shape index (κ3) is 2.71. The first kappa shape index (κ1) is 12.6.